The summed E-state index contributed by atoms with van der Waals surface area (Å²) in [5.74, 6) is 1.71. The molecule has 0 aliphatic rings. The normalized spacial score (nSPS) is 11.5. The predicted octanol–water partition coefficient (Wildman–Crippen LogP) is 16.5. The molecule has 0 saturated carbocycles. The molecule has 0 spiro atoms. The Morgan fingerprint density at radius 2 is 0.750 bits per heavy atom. The van der Waals surface area contributed by atoms with Crippen molar-refractivity contribution in [1.82, 2.24) is 19.5 Å². The molecule has 10 aromatic carbocycles. The number of para-hydroxylation sites is 2. The zero-order valence-electron chi connectivity index (χ0n) is 36.8. The van der Waals surface area contributed by atoms with E-state index in [1.54, 1.807) is 0 Å². The molecule has 13 rings (SSSR count). The SMILES string of the molecule is c1ccc(-c2ccc(-c3nc(-c4ccc(-c5ccccc5)cc4)nc(-c4cccc5c4oc4ccc6c7ccccc7n(-c7ccc(-c8cccc(-c9ccccc9)c8)cc7)c6c45)n3)cc2)cc1. The van der Waals surface area contributed by atoms with Gasteiger partial charge >= 0.3 is 0 Å². The first kappa shape index (κ1) is 39.2. The first-order chi connectivity index (χ1) is 33.7. The largest absolute Gasteiger partial charge is 0.455 e. The van der Waals surface area contributed by atoms with Gasteiger partial charge in [-0.25, -0.2) is 15.0 Å². The second kappa shape index (κ2) is 16.4. The van der Waals surface area contributed by atoms with Crippen molar-refractivity contribution in [2.45, 2.75) is 0 Å². The quantitative estimate of drug-likeness (QED) is 0.153. The third-order valence-electron chi connectivity index (χ3n) is 13.1. The van der Waals surface area contributed by atoms with Crippen molar-refractivity contribution in [3.8, 4) is 84.4 Å². The molecule has 0 aliphatic heterocycles. The summed E-state index contributed by atoms with van der Waals surface area (Å²) in [7, 11) is 0. The standard InChI is InChI=1S/C63H40N4O/c1-4-14-41(15-5-1)44-26-30-47(31-27-44)61-64-62(48-32-28-45(29-33-48)42-16-6-2-7-17-42)66-63(65-61)55-24-13-23-54-58-57(68-60(54)55)39-38-53-52-22-10-11-25-56(52)67(59(53)58)51-36-34-46(35-37-51)50-21-12-20-49(40-50)43-18-8-3-9-19-43/h1-40H. The molecule has 318 valence electrons. The smallest absolute Gasteiger partial charge is 0.167 e. The van der Waals surface area contributed by atoms with Gasteiger partial charge in [0.05, 0.1) is 22.0 Å². The topological polar surface area (TPSA) is 56.7 Å². The molecule has 5 heteroatoms. The summed E-state index contributed by atoms with van der Waals surface area (Å²) in [6.45, 7) is 0. The van der Waals surface area contributed by atoms with Gasteiger partial charge in [-0.3, -0.25) is 0 Å². The Bertz CT molecular complexity index is 3870. The van der Waals surface area contributed by atoms with Crippen LogP contribution in [-0.4, -0.2) is 19.5 Å². The zero-order chi connectivity index (χ0) is 45.0. The predicted molar refractivity (Wildman–Crippen MR) is 279 cm³/mol. The van der Waals surface area contributed by atoms with Crippen molar-refractivity contribution in [2.24, 2.45) is 0 Å². The molecule has 3 aromatic heterocycles. The van der Waals surface area contributed by atoms with E-state index in [9.17, 15) is 0 Å². The first-order valence-electron chi connectivity index (χ1n) is 22.9. The Kier molecular flexibility index (Phi) is 9.43. The lowest BCUT2D eigenvalue weighted by atomic mass is 9.99. The minimum atomic E-state index is 0.539. The maximum absolute atomic E-state index is 6.96. The van der Waals surface area contributed by atoms with E-state index in [0.717, 1.165) is 88.6 Å². The maximum Gasteiger partial charge on any atom is 0.167 e. The van der Waals surface area contributed by atoms with E-state index < -0.39 is 0 Å². The molecule has 0 bridgehead atoms. The van der Waals surface area contributed by atoms with Gasteiger partial charge in [-0.15, -0.1) is 0 Å². The van der Waals surface area contributed by atoms with Crippen molar-refractivity contribution in [2.75, 3.05) is 0 Å². The first-order valence-corrected chi connectivity index (χ1v) is 22.9. The molecule has 0 aliphatic carbocycles. The molecule has 0 amide bonds. The van der Waals surface area contributed by atoms with Gasteiger partial charge in [0, 0.05) is 33.0 Å². The van der Waals surface area contributed by atoms with Crippen LogP contribution in [0.15, 0.2) is 247 Å². The number of benzene rings is 10. The molecular weight excluding hydrogens is 829 g/mol. The second-order valence-corrected chi connectivity index (χ2v) is 17.2. The van der Waals surface area contributed by atoms with Gasteiger partial charge in [0.1, 0.15) is 11.2 Å². The van der Waals surface area contributed by atoms with Gasteiger partial charge in [0.25, 0.3) is 0 Å². The Morgan fingerprint density at radius 3 is 1.35 bits per heavy atom. The van der Waals surface area contributed by atoms with E-state index in [1.807, 2.05) is 12.1 Å². The summed E-state index contributed by atoms with van der Waals surface area (Å²) in [4.78, 5) is 15.6. The highest BCUT2D eigenvalue weighted by molar-refractivity contribution is 6.25. The van der Waals surface area contributed by atoms with E-state index in [1.165, 1.54) is 22.1 Å². The lowest BCUT2D eigenvalue weighted by Gasteiger charge is -2.11. The number of nitrogens with zero attached hydrogens (tertiary/aromatic N) is 4. The molecule has 0 fully saturated rings. The number of hydrogen-bond donors (Lipinski definition) is 0. The highest BCUT2D eigenvalue weighted by Crippen LogP contribution is 2.43. The number of hydrogen-bond acceptors (Lipinski definition) is 4. The van der Waals surface area contributed by atoms with Crippen LogP contribution >= 0.6 is 0 Å². The average molecular weight is 869 g/mol. The van der Waals surface area contributed by atoms with Crippen LogP contribution in [0.5, 0.6) is 0 Å². The lowest BCUT2D eigenvalue weighted by Crippen LogP contribution is -2.00. The third-order valence-corrected chi connectivity index (χ3v) is 13.1. The molecule has 0 unspecified atom stereocenters. The van der Waals surface area contributed by atoms with E-state index >= 15 is 0 Å². The second-order valence-electron chi connectivity index (χ2n) is 17.2. The van der Waals surface area contributed by atoms with E-state index in [4.69, 9.17) is 19.4 Å². The van der Waals surface area contributed by atoms with Crippen LogP contribution in [0.25, 0.3) is 128 Å². The minimum Gasteiger partial charge on any atom is -0.455 e. The fourth-order valence-corrected chi connectivity index (χ4v) is 9.73. The Labute approximate surface area is 392 Å². The lowest BCUT2D eigenvalue weighted by molar-refractivity contribution is 0.669. The summed E-state index contributed by atoms with van der Waals surface area (Å²) >= 11 is 0. The van der Waals surface area contributed by atoms with Crippen molar-refractivity contribution in [3.63, 3.8) is 0 Å². The van der Waals surface area contributed by atoms with Gasteiger partial charge in [0.15, 0.2) is 17.5 Å². The number of fused-ring (bicyclic) bond motifs is 7. The molecule has 0 N–H and O–H groups in total. The van der Waals surface area contributed by atoms with E-state index in [0.29, 0.717) is 17.5 Å². The van der Waals surface area contributed by atoms with Crippen molar-refractivity contribution >= 4 is 43.7 Å². The molecule has 13 aromatic rings. The fraction of sp³-hybridized carbons (Fsp3) is 0. The summed E-state index contributed by atoms with van der Waals surface area (Å²) in [6, 6.07) is 85.2. The third kappa shape index (κ3) is 6.84. The fourth-order valence-electron chi connectivity index (χ4n) is 9.73. The van der Waals surface area contributed by atoms with Crippen LogP contribution in [0.2, 0.25) is 0 Å². The van der Waals surface area contributed by atoms with E-state index in [2.05, 4.69) is 235 Å². The van der Waals surface area contributed by atoms with Gasteiger partial charge in [-0.05, 0) is 87.0 Å². The average Bonchev–Trinajstić information content (AvgIpc) is 3.98. The monoisotopic (exact) mass is 868 g/mol. The number of rotatable bonds is 8. The highest BCUT2D eigenvalue weighted by Gasteiger charge is 2.22. The molecular formula is C63H40N4O. The molecule has 0 atom stereocenters. The number of furan rings is 1. The van der Waals surface area contributed by atoms with Crippen LogP contribution in [0, 0.1) is 0 Å². The highest BCUT2D eigenvalue weighted by atomic mass is 16.3. The molecule has 0 saturated heterocycles. The Balaban J connectivity index is 0.962. The van der Waals surface area contributed by atoms with Crippen molar-refractivity contribution in [1.29, 1.82) is 0 Å². The van der Waals surface area contributed by atoms with Crippen molar-refractivity contribution in [3.05, 3.63) is 243 Å². The maximum atomic E-state index is 6.96. The molecule has 0 radical (unpaired) electrons. The van der Waals surface area contributed by atoms with Crippen LogP contribution in [-0.2, 0) is 0 Å². The minimum absolute atomic E-state index is 0.539. The van der Waals surface area contributed by atoms with Gasteiger partial charge in [0.2, 0.25) is 0 Å². The zero-order valence-corrected chi connectivity index (χ0v) is 36.8. The number of aromatic nitrogens is 4. The molecule has 68 heavy (non-hydrogen) atoms. The van der Waals surface area contributed by atoms with Crippen LogP contribution in [0.1, 0.15) is 0 Å². The van der Waals surface area contributed by atoms with E-state index in [-0.39, 0.29) is 0 Å². The van der Waals surface area contributed by atoms with Gasteiger partial charge in [-0.1, -0.05) is 200 Å². The Morgan fingerprint density at radius 1 is 0.309 bits per heavy atom. The van der Waals surface area contributed by atoms with Gasteiger partial charge in [-0.2, -0.15) is 0 Å². The van der Waals surface area contributed by atoms with Crippen LogP contribution < -0.4 is 0 Å². The summed E-state index contributed by atoms with van der Waals surface area (Å²) in [5.41, 5.74) is 16.7. The summed E-state index contributed by atoms with van der Waals surface area (Å²) < 4.78 is 9.35. The van der Waals surface area contributed by atoms with Crippen molar-refractivity contribution < 1.29 is 4.42 Å². The van der Waals surface area contributed by atoms with Crippen LogP contribution in [0.3, 0.4) is 0 Å². The summed E-state index contributed by atoms with van der Waals surface area (Å²) in [5, 5.41) is 4.36. The molecule has 3 heterocycles. The summed E-state index contributed by atoms with van der Waals surface area (Å²) in [6.07, 6.45) is 0. The molecule has 5 nitrogen and oxygen atoms in total. The Hall–Kier alpha value is -9.19. The van der Waals surface area contributed by atoms with Crippen LogP contribution in [0.4, 0.5) is 0 Å². The van der Waals surface area contributed by atoms with Gasteiger partial charge < -0.3 is 8.98 Å².